The zero-order valence-corrected chi connectivity index (χ0v) is 12.9. The quantitative estimate of drug-likeness (QED) is 0.785. The predicted molar refractivity (Wildman–Crippen MR) is 83.3 cm³/mol. The number of carbonyl (C=O) groups excluding carboxylic acids is 2. The maximum absolute atomic E-state index is 12.0. The minimum absolute atomic E-state index is 0.0263. The second-order valence-electron chi connectivity index (χ2n) is 5.94. The highest BCUT2D eigenvalue weighted by molar-refractivity contribution is 5.97. The summed E-state index contributed by atoms with van der Waals surface area (Å²) in [5.74, 6) is -0.120. The summed E-state index contributed by atoms with van der Waals surface area (Å²) < 4.78 is 0. The monoisotopic (exact) mass is 290 g/mol. The summed E-state index contributed by atoms with van der Waals surface area (Å²) in [4.78, 5) is 27.5. The van der Waals surface area contributed by atoms with Crippen molar-refractivity contribution >= 4 is 23.2 Å². The van der Waals surface area contributed by atoms with E-state index < -0.39 is 5.54 Å². The second kappa shape index (κ2) is 5.27. The summed E-state index contributed by atoms with van der Waals surface area (Å²) in [7, 11) is 3.40. The van der Waals surface area contributed by atoms with E-state index >= 15 is 0 Å². The summed E-state index contributed by atoms with van der Waals surface area (Å²) in [5, 5.41) is 2.85. The third-order valence-electron chi connectivity index (χ3n) is 3.82. The molecule has 0 saturated carbocycles. The van der Waals surface area contributed by atoms with Gasteiger partial charge in [-0.25, -0.2) is 0 Å². The van der Waals surface area contributed by atoms with Gasteiger partial charge in [0.05, 0.1) is 11.4 Å². The van der Waals surface area contributed by atoms with E-state index in [4.69, 9.17) is 5.73 Å². The molecule has 0 aromatic heterocycles. The molecule has 1 saturated heterocycles. The summed E-state index contributed by atoms with van der Waals surface area (Å²) in [6.07, 6.45) is 0. The minimum atomic E-state index is -0.667. The Morgan fingerprint density at radius 3 is 2.62 bits per heavy atom. The third kappa shape index (κ3) is 2.66. The van der Waals surface area contributed by atoms with Gasteiger partial charge in [-0.1, -0.05) is 0 Å². The van der Waals surface area contributed by atoms with Crippen molar-refractivity contribution in [3.8, 4) is 0 Å². The number of rotatable bonds is 2. The topological polar surface area (TPSA) is 78.7 Å². The lowest BCUT2D eigenvalue weighted by Crippen LogP contribution is -2.62. The van der Waals surface area contributed by atoms with Crippen molar-refractivity contribution in [2.45, 2.75) is 19.4 Å². The number of nitrogens with one attached hydrogen (secondary N) is 1. The Labute approximate surface area is 124 Å². The van der Waals surface area contributed by atoms with Crippen molar-refractivity contribution < 1.29 is 9.59 Å². The number of hydrogen-bond acceptors (Lipinski definition) is 4. The van der Waals surface area contributed by atoms with Crippen LogP contribution in [0.25, 0.3) is 0 Å². The second-order valence-corrected chi connectivity index (χ2v) is 5.94. The van der Waals surface area contributed by atoms with Crippen molar-refractivity contribution in [3.63, 3.8) is 0 Å². The van der Waals surface area contributed by atoms with Gasteiger partial charge in [0.1, 0.15) is 5.54 Å². The van der Waals surface area contributed by atoms with E-state index in [1.54, 1.807) is 26.2 Å². The van der Waals surface area contributed by atoms with Crippen LogP contribution in [-0.4, -0.2) is 49.4 Å². The van der Waals surface area contributed by atoms with E-state index in [0.717, 1.165) is 5.69 Å². The van der Waals surface area contributed by atoms with Crippen LogP contribution in [0.15, 0.2) is 18.2 Å². The van der Waals surface area contributed by atoms with Gasteiger partial charge in [0, 0.05) is 32.7 Å². The molecule has 0 unspecified atom stereocenters. The number of nitrogens with two attached hydrogens (primary N) is 1. The van der Waals surface area contributed by atoms with Crippen LogP contribution in [0.3, 0.4) is 0 Å². The van der Waals surface area contributed by atoms with Gasteiger partial charge in [0.25, 0.3) is 5.91 Å². The van der Waals surface area contributed by atoms with Crippen molar-refractivity contribution in [1.29, 1.82) is 0 Å². The fourth-order valence-electron chi connectivity index (χ4n) is 2.51. The first-order valence-electron chi connectivity index (χ1n) is 6.92. The number of amides is 2. The summed E-state index contributed by atoms with van der Waals surface area (Å²) in [6, 6.07) is 5.23. The molecule has 6 nitrogen and oxygen atoms in total. The fourth-order valence-corrected chi connectivity index (χ4v) is 2.51. The van der Waals surface area contributed by atoms with Crippen LogP contribution in [0.2, 0.25) is 0 Å². The number of carbonyl (C=O) groups is 2. The number of piperazine rings is 1. The van der Waals surface area contributed by atoms with Crippen LogP contribution in [0.5, 0.6) is 0 Å². The summed E-state index contributed by atoms with van der Waals surface area (Å²) in [5.41, 5.74) is 7.28. The molecule has 1 aromatic rings. The van der Waals surface area contributed by atoms with Crippen molar-refractivity contribution in [3.05, 3.63) is 23.8 Å². The first-order valence-corrected chi connectivity index (χ1v) is 6.92. The van der Waals surface area contributed by atoms with Crippen LogP contribution in [-0.2, 0) is 4.79 Å². The molecule has 2 amide bonds. The first-order chi connectivity index (χ1) is 9.75. The average molecular weight is 290 g/mol. The summed E-state index contributed by atoms with van der Waals surface area (Å²) in [6.45, 7) is 4.99. The smallest absolute Gasteiger partial charge is 0.253 e. The summed E-state index contributed by atoms with van der Waals surface area (Å²) >= 11 is 0. The molecule has 2 rings (SSSR count). The van der Waals surface area contributed by atoms with Crippen molar-refractivity contribution in [2.24, 2.45) is 0 Å². The number of hydrogen-bond donors (Lipinski definition) is 2. The van der Waals surface area contributed by atoms with Gasteiger partial charge in [-0.05, 0) is 32.0 Å². The van der Waals surface area contributed by atoms with Crippen molar-refractivity contribution in [1.82, 2.24) is 10.2 Å². The molecular weight excluding hydrogens is 268 g/mol. The van der Waals surface area contributed by atoms with E-state index in [1.807, 2.05) is 24.8 Å². The molecule has 0 bridgehead atoms. The Balaban J connectivity index is 2.37. The lowest BCUT2D eigenvalue weighted by Gasteiger charge is -2.43. The maximum atomic E-state index is 12.0. The Bertz CT molecular complexity index is 581. The molecule has 1 aromatic carbocycles. The third-order valence-corrected chi connectivity index (χ3v) is 3.82. The highest BCUT2D eigenvalue weighted by Crippen LogP contribution is 2.31. The number of benzene rings is 1. The highest BCUT2D eigenvalue weighted by atomic mass is 16.2. The molecule has 1 fully saturated rings. The largest absolute Gasteiger partial charge is 0.397 e. The molecule has 3 N–H and O–H groups in total. The molecule has 1 aliphatic rings. The minimum Gasteiger partial charge on any atom is -0.397 e. The SMILES string of the molecule is CN(C)C(=O)c1ccc(N2CCNC(=O)C2(C)C)c(N)c1. The Kier molecular flexibility index (Phi) is 3.80. The van der Waals surface area contributed by atoms with Gasteiger partial charge in [-0.15, -0.1) is 0 Å². The highest BCUT2D eigenvalue weighted by Gasteiger charge is 2.38. The number of nitrogens with zero attached hydrogens (tertiary/aromatic N) is 2. The van der Waals surface area contributed by atoms with E-state index in [1.165, 1.54) is 4.90 Å². The van der Waals surface area contributed by atoms with Crippen LogP contribution in [0, 0.1) is 0 Å². The Morgan fingerprint density at radius 1 is 1.38 bits per heavy atom. The standard InChI is InChI=1S/C15H22N4O2/c1-15(2)14(21)17-7-8-19(15)12-6-5-10(9-11(12)16)13(20)18(3)4/h5-6,9H,7-8,16H2,1-4H3,(H,17,21). The molecular formula is C15H22N4O2. The molecule has 0 atom stereocenters. The fraction of sp³-hybridized carbons (Fsp3) is 0.467. The Hall–Kier alpha value is -2.24. The first kappa shape index (κ1) is 15.2. The molecule has 0 spiro atoms. The van der Waals surface area contributed by atoms with Gasteiger partial charge in [0.15, 0.2) is 0 Å². The maximum Gasteiger partial charge on any atom is 0.253 e. The normalized spacial score (nSPS) is 17.3. The lowest BCUT2D eigenvalue weighted by atomic mass is 9.97. The van der Waals surface area contributed by atoms with Crippen LogP contribution < -0.4 is 16.0 Å². The van der Waals surface area contributed by atoms with Gasteiger partial charge in [-0.3, -0.25) is 9.59 Å². The van der Waals surface area contributed by atoms with E-state index in [-0.39, 0.29) is 11.8 Å². The molecule has 1 aliphatic heterocycles. The number of nitrogen functional groups attached to an aromatic ring is 1. The zero-order chi connectivity index (χ0) is 15.8. The molecule has 21 heavy (non-hydrogen) atoms. The van der Waals surface area contributed by atoms with E-state index in [2.05, 4.69) is 5.32 Å². The van der Waals surface area contributed by atoms with Gasteiger partial charge < -0.3 is 20.9 Å². The van der Waals surface area contributed by atoms with Crippen LogP contribution in [0.1, 0.15) is 24.2 Å². The molecule has 0 aliphatic carbocycles. The van der Waals surface area contributed by atoms with Gasteiger partial charge in [0.2, 0.25) is 5.91 Å². The van der Waals surface area contributed by atoms with Crippen LogP contribution in [0.4, 0.5) is 11.4 Å². The average Bonchev–Trinajstić information content (AvgIpc) is 2.41. The van der Waals surface area contributed by atoms with Crippen molar-refractivity contribution in [2.75, 3.05) is 37.8 Å². The number of anilines is 2. The van der Waals surface area contributed by atoms with E-state index in [0.29, 0.717) is 24.3 Å². The van der Waals surface area contributed by atoms with E-state index in [9.17, 15) is 9.59 Å². The van der Waals surface area contributed by atoms with Crippen LogP contribution >= 0.6 is 0 Å². The lowest BCUT2D eigenvalue weighted by molar-refractivity contribution is -0.126. The Morgan fingerprint density at radius 2 is 2.05 bits per heavy atom. The predicted octanol–water partition coefficient (Wildman–Crippen LogP) is 0.685. The van der Waals surface area contributed by atoms with Gasteiger partial charge >= 0.3 is 0 Å². The molecule has 6 heteroatoms. The molecule has 0 radical (unpaired) electrons. The van der Waals surface area contributed by atoms with Gasteiger partial charge in [-0.2, -0.15) is 0 Å². The zero-order valence-electron chi connectivity index (χ0n) is 12.9. The molecule has 114 valence electrons. The molecule has 1 heterocycles.